The second-order valence-corrected chi connectivity index (χ2v) is 12.5. The molecule has 8 nitrogen and oxygen atoms in total. The van der Waals surface area contributed by atoms with E-state index in [1.54, 1.807) is 11.6 Å². The van der Waals surface area contributed by atoms with Gasteiger partial charge in [0, 0.05) is 30.4 Å². The van der Waals surface area contributed by atoms with Crippen LogP contribution in [0, 0.1) is 18.6 Å². The second-order valence-electron chi connectivity index (χ2n) is 8.99. The molecule has 1 atom stereocenters. The molecule has 4 rings (SSSR count). The van der Waals surface area contributed by atoms with E-state index in [2.05, 4.69) is 4.74 Å². The molecule has 0 amide bonds. The lowest BCUT2D eigenvalue weighted by Crippen LogP contribution is -2.50. The first-order chi connectivity index (χ1) is 18.4. The molecule has 1 heterocycles. The number of nitrogens with one attached hydrogen (secondary N) is 1. The first-order valence-electron chi connectivity index (χ1n) is 11.2. The standard InChI is InChI=1S/C23H19F7N2O6S2/c1-12-2-4-13(5-3-12)40(36,37)32-11-20(14-6-7-22(33,10-18(14)32)23(28,29)30)39(34,35)31-17-8-16(25)19(9-15(17)24)38-21(26)27/h2-5,8-9,11,21,31,33H,6-7,10H2,1H3/t22-/m0/s1. The highest BCUT2D eigenvalue weighted by Crippen LogP contribution is 2.44. The van der Waals surface area contributed by atoms with Crippen LogP contribution in [-0.4, -0.2) is 44.3 Å². The maximum atomic E-state index is 14.5. The quantitative estimate of drug-likeness (QED) is 0.378. The summed E-state index contributed by atoms with van der Waals surface area (Å²) in [5.41, 5.74) is -4.91. The molecule has 0 bridgehead atoms. The minimum absolute atomic E-state index is 0.144. The number of hydrogen-bond acceptors (Lipinski definition) is 6. The van der Waals surface area contributed by atoms with Gasteiger partial charge in [0.25, 0.3) is 20.0 Å². The number of benzene rings is 2. The van der Waals surface area contributed by atoms with E-state index in [0.29, 0.717) is 15.7 Å². The first-order valence-corrected chi connectivity index (χ1v) is 14.1. The summed E-state index contributed by atoms with van der Waals surface area (Å²) < 4.78 is 153. The van der Waals surface area contributed by atoms with E-state index < -0.39 is 102 Å². The third-order valence-electron chi connectivity index (χ3n) is 6.27. The van der Waals surface area contributed by atoms with E-state index in [0.717, 1.165) is 12.1 Å². The topological polar surface area (TPSA) is 115 Å². The molecule has 0 spiro atoms. The molecule has 3 aromatic rings. The third kappa shape index (κ3) is 5.36. The summed E-state index contributed by atoms with van der Waals surface area (Å²) in [6.07, 6.45) is -7.80. The van der Waals surface area contributed by atoms with Gasteiger partial charge in [-0.3, -0.25) is 4.72 Å². The lowest BCUT2D eigenvalue weighted by atomic mass is 9.83. The van der Waals surface area contributed by atoms with Gasteiger partial charge in [-0.2, -0.15) is 22.0 Å². The van der Waals surface area contributed by atoms with Gasteiger partial charge >= 0.3 is 12.8 Å². The molecule has 2 aromatic carbocycles. The van der Waals surface area contributed by atoms with E-state index in [9.17, 15) is 52.7 Å². The van der Waals surface area contributed by atoms with Crippen molar-refractivity contribution in [3.05, 3.63) is 71.1 Å². The Kier molecular flexibility index (Phi) is 7.38. The van der Waals surface area contributed by atoms with Crippen LogP contribution in [0.3, 0.4) is 0 Å². The van der Waals surface area contributed by atoms with Crippen molar-refractivity contribution < 1.29 is 57.4 Å². The fourth-order valence-electron chi connectivity index (χ4n) is 4.19. The van der Waals surface area contributed by atoms with Gasteiger partial charge in [-0.1, -0.05) is 17.7 Å². The molecule has 0 fully saturated rings. The Labute approximate surface area is 223 Å². The number of aromatic nitrogens is 1. The van der Waals surface area contributed by atoms with Crippen LogP contribution in [0.1, 0.15) is 23.2 Å². The summed E-state index contributed by atoms with van der Waals surface area (Å²) in [4.78, 5) is -1.29. The van der Waals surface area contributed by atoms with Crippen LogP contribution in [0.5, 0.6) is 5.75 Å². The molecule has 0 unspecified atom stereocenters. The van der Waals surface area contributed by atoms with E-state index >= 15 is 0 Å². The molecular formula is C23H19F7N2O6S2. The minimum atomic E-state index is -5.20. The van der Waals surface area contributed by atoms with E-state index in [4.69, 9.17) is 0 Å². The Balaban J connectivity index is 1.85. The zero-order valence-electron chi connectivity index (χ0n) is 20.1. The van der Waals surface area contributed by atoms with Crippen molar-refractivity contribution in [2.45, 2.75) is 54.4 Å². The number of ether oxygens (including phenoxy) is 1. The average molecular weight is 617 g/mol. The number of fused-ring (bicyclic) bond motifs is 1. The number of nitrogens with zero attached hydrogens (tertiary/aromatic N) is 1. The highest BCUT2D eigenvalue weighted by Gasteiger charge is 2.56. The highest BCUT2D eigenvalue weighted by molar-refractivity contribution is 7.93. The van der Waals surface area contributed by atoms with Gasteiger partial charge in [0.2, 0.25) is 0 Å². The van der Waals surface area contributed by atoms with Gasteiger partial charge < -0.3 is 9.84 Å². The molecule has 0 radical (unpaired) electrons. The van der Waals surface area contributed by atoms with E-state index in [1.165, 1.54) is 12.1 Å². The maximum Gasteiger partial charge on any atom is 0.417 e. The zero-order chi connectivity index (χ0) is 29.8. The number of anilines is 1. The Hall–Kier alpha value is -3.31. The average Bonchev–Trinajstić information content (AvgIpc) is 3.22. The SMILES string of the molecule is Cc1ccc(S(=O)(=O)n2cc(S(=O)(=O)Nc3cc(F)c(OC(F)F)cc3F)c3c2C[C@](O)(C(F)(F)F)CC3)cc1. The van der Waals surface area contributed by atoms with Gasteiger partial charge in [-0.15, -0.1) is 0 Å². The van der Waals surface area contributed by atoms with Crippen molar-refractivity contribution in [1.82, 2.24) is 3.97 Å². The smallest absolute Gasteiger partial charge is 0.417 e. The number of hydrogen-bond donors (Lipinski definition) is 2. The van der Waals surface area contributed by atoms with Crippen molar-refractivity contribution in [2.24, 2.45) is 0 Å². The number of rotatable bonds is 7. The van der Waals surface area contributed by atoms with Gasteiger partial charge in [0.1, 0.15) is 4.90 Å². The molecule has 1 aliphatic carbocycles. The van der Waals surface area contributed by atoms with Gasteiger partial charge in [-0.05, 0) is 37.5 Å². The second kappa shape index (κ2) is 9.95. The summed E-state index contributed by atoms with van der Waals surface area (Å²) in [5, 5.41) is 10.3. The molecule has 1 aliphatic rings. The zero-order valence-corrected chi connectivity index (χ0v) is 21.8. The predicted octanol–water partition coefficient (Wildman–Crippen LogP) is 4.50. The van der Waals surface area contributed by atoms with Crippen molar-refractivity contribution in [2.75, 3.05) is 4.72 Å². The van der Waals surface area contributed by atoms with Gasteiger partial charge in [-0.25, -0.2) is 29.6 Å². The lowest BCUT2D eigenvalue weighted by Gasteiger charge is -2.34. The number of aliphatic hydroxyl groups is 1. The first kappa shape index (κ1) is 29.7. The number of sulfonamides is 1. The largest absolute Gasteiger partial charge is 0.432 e. The number of halogens is 7. The molecule has 40 heavy (non-hydrogen) atoms. The third-order valence-corrected chi connectivity index (χ3v) is 9.40. The molecule has 0 saturated carbocycles. The summed E-state index contributed by atoms with van der Waals surface area (Å²) in [6, 6.07) is 5.41. The monoisotopic (exact) mass is 616 g/mol. The van der Waals surface area contributed by atoms with Crippen LogP contribution in [0.15, 0.2) is 52.4 Å². The Morgan fingerprint density at radius 3 is 2.25 bits per heavy atom. The van der Waals surface area contributed by atoms with Crippen molar-refractivity contribution in [1.29, 1.82) is 0 Å². The minimum Gasteiger partial charge on any atom is -0.432 e. The van der Waals surface area contributed by atoms with Crippen molar-refractivity contribution >= 4 is 25.7 Å². The van der Waals surface area contributed by atoms with Crippen molar-refractivity contribution in [3.8, 4) is 5.75 Å². The summed E-state index contributed by atoms with van der Waals surface area (Å²) >= 11 is 0. The summed E-state index contributed by atoms with van der Waals surface area (Å²) in [7, 11) is -9.74. The van der Waals surface area contributed by atoms with Crippen LogP contribution in [0.4, 0.5) is 36.4 Å². The number of alkyl halides is 5. The molecule has 1 aromatic heterocycles. The Bertz CT molecular complexity index is 1670. The summed E-state index contributed by atoms with van der Waals surface area (Å²) in [5.74, 6) is -4.35. The predicted molar refractivity (Wildman–Crippen MR) is 125 cm³/mol. The molecular weight excluding hydrogens is 597 g/mol. The van der Waals surface area contributed by atoms with Crippen LogP contribution in [-0.2, 0) is 32.9 Å². The summed E-state index contributed by atoms with van der Waals surface area (Å²) in [6.45, 7) is -1.88. The molecule has 2 N–H and O–H groups in total. The van der Waals surface area contributed by atoms with Crippen LogP contribution >= 0.6 is 0 Å². The van der Waals surface area contributed by atoms with E-state index in [-0.39, 0.29) is 12.1 Å². The molecule has 17 heteroatoms. The Morgan fingerprint density at radius 1 is 1.05 bits per heavy atom. The van der Waals surface area contributed by atoms with Crippen LogP contribution in [0.2, 0.25) is 0 Å². The lowest BCUT2D eigenvalue weighted by molar-refractivity contribution is -0.263. The maximum absolute atomic E-state index is 14.5. The molecule has 0 aliphatic heterocycles. The van der Waals surface area contributed by atoms with Crippen LogP contribution < -0.4 is 9.46 Å². The van der Waals surface area contributed by atoms with Gasteiger partial charge in [0.05, 0.1) is 10.6 Å². The highest BCUT2D eigenvalue weighted by atomic mass is 32.2. The fraction of sp³-hybridized carbons (Fsp3) is 0.304. The van der Waals surface area contributed by atoms with Crippen LogP contribution in [0.25, 0.3) is 0 Å². The van der Waals surface area contributed by atoms with E-state index in [1.807, 2.05) is 0 Å². The molecule has 218 valence electrons. The van der Waals surface area contributed by atoms with Crippen molar-refractivity contribution in [3.63, 3.8) is 0 Å². The normalized spacial score (nSPS) is 18.1. The number of aryl methyl sites for hydroxylation is 1. The molecule has 0 saturated heterocycles. The Morgan fingerprint density at radius 2 is 1.68 bits per heavy atom. The fourth-order valence-corrected chi connectivity index (χ4v) is 7.02. The van der Waals surface area contributed by atoms with Gasteiger partial charge in [0.15, 0.2) is 23.0 Å².